The Hall–Kier alpha value is -1.17. The largest absolute Gasteiger partial charge is 0.478 e. The highest BCUT2D eigenvalue weighted by Crippen LogP contribution is 2.18. The van der Waals surface area contributed by atoms with Gasteiger partial charge in [-0.2, -0.15) is 0 Å². The molecule has 0 unspecified atom stereocenters. The zero-order valence-electron chi connectivity index (χ0n) is 11.4. The maximum atomic E-state index is 10.0. The number of nitrogens with zero attached hydrogens (tertiary/aromatic N) is 1. The average molecular weight is 254 g/mol. The maximum absolute atomic E-state index is 10.0. The van der Waals surface area contributed by atoms with Gasteiger partial charge in [-0.15, -0.1) is 0 Å². The minimum absolute atomic E-state index is 0.000914. The predicted molar refractivity (Wildman–Crippen MR) is 69.3 cm³/mol. The number of hydrogen-bond donors (Lipinski definition) is 3. The summed E-state index contributed by atoms with van der Waals surface area (Å²) in [6.45, 7) is 8.19. The Morgan fingerprint density at radius 1 is 1.28 bits per heavy atom. The highest BCUT2D eigenvalue weighted by atomic mass is 16.5. The lowest BCUT2D eigenvalue weighted by molar-refractivity contribution is -0.171. The Morgan fingerprint density at radius 2 is 1.94 bits per heavy atom. The van der Waals surface area contributed by atoms with Crippen LogP contribution in [0.3, 0.4) is 0 Å². The number of rotatable bonds is 5. The van der Waals surface area contributed by atoms with Gasteiger partial charge in [0, 0.05) is 11.6 Å². The first kappa shape index (κ1) is 14.9. The fourth-order valence-electron chi connectivity index (χ4n) is 1.35. The van der Waals surface area contributed by atoms with E-state index in [4.69, 9.17) is 4.74 Å². The van der Waals surface area contributed by atoms with E-state index in [1.807, 2.05) is 27.7 Å². The molecule has 0 amide bonds. The summed E-state index contributed by atoms with van der Waals surface area (Å²) in [7, 11) is 0. The molecule has 5 heteroatoms. The van der Waals surface area contributed by atoms with E-state index in [0.29, 0.717) is 12.5 Å². The number of nitrogens with one attached hydrogen (secondary N) is 1. The third-order valence-corrected chi connectivity index (χ3v) is 2.29. The summed E-state index contributed by atoms with van der Waals surface area (Å²) in [4.78, 5) is 4.07. The Kier molecular flexibility index (Phi) is 4.67. The van der Waals surface area contributed by atoms with E-state index in [-0.39, 0.29) is 17.8 Å². The molecule has 1 heterocycles. The van der Waals surface area contributed by atoms with Gasteiger partial charge in [0.05, 0.1) is 13.2 Å². The normalized spacial score (nSPS) is 12.6. The van der Waals surface area contributed by atoms with E-state index in [1.165, 1.54) is 0 Å². The van der Waals surface area contributed by atoms with Crippen LogP contribution >= 0.6 is 0 Å². The molecule has 0 aromatic carbocycles. The molecule has 102 valence electrons. The molecule has 0 aliphatic carbocycles. The molecule has 5 nitrogen and oxygen atoms in total. The van der Waals surface area contributed by atoms with Crippen molar-refractivity contribution in [1.29, 1.82) is 0 Å². The van der Waals surface area contributed by atoms with Gasteiger partial charge in [-0.1, -0.05) is 6.07 Å². The van der Waals surface area contributed by atoms with Crippen molar-refractivity contribution in [1.82, 2.24) is 10.3 Å². The van der Waals surface area contributed by atoms with E-state index in [9.17, 15) is 10.2 Å². The second-order valence-electron chi connectivity index (χ2n) is 5.21. The first-order valence-electron chi connectivity index (χ1n) is 6.05. The van der Waals surface area contributed by atoms with Gasteiger partial charge in [-0.3, -0.25) is 0 Å². The molecule has 3 N–H and O–H groups in total. The van der Waals surface area contributed by atoms with E-state index in [1.54, 1.807) is 18.2 Å². The quantitative estimate of drug-likeness (QED) is 0.684. The fourth-order valence-corrected chi connectivity index (χ4v) is 1.35. The smallest absolute Gasteiger partial charge is 0.220 e. The molecular formula is C13H22N2O3. The third kappa shape index (κ3) is 4.60. The summed E-state index contributed by atoms with van der Waals surface area (Å²) in [5.74, 6) is -1.63. The molecule has 0 saturated heterocycles. The number of aromatic nitrogens is 1. The maximum Gasteiger partial charge on any atom is 0.220 e. The Labute approximate surface area is 108 Å². The molecule has 0 bridgehead atoms. The van der Waals surface area contributed by atoms with Crippen LogP contribution in [0.15, 0.2) is 18.2 Å². The summed E-state index contributed by atoms with van der Waals surface area (Å²) in [5.41, 5.74) is -0.0287. The molecule has 1 rings (SSSR count). The second kappa shape index (κ2) is 5.65. The van der Waals surface area contributed by atoms with Crippen molar-refractivity contribution in [3.05, 3.63) is 23.9 Å². The van der Waals surface area contributed by atoms with Gasteiger partial charge in [0.15, 0.2) is 0 Å². The zero-order valence-corrected chi connectivity index (χ0v) is 11.4. The van der Waals surface area contributed by atoms with Gasteiger partial charge in [0.25, 0.3) is 0 Å². The fraction of sp³-hybridized carbons (Fsp3) is 0.615. The van der Waals surface area contributed by atoms with Gasteiger partial charge >= 0.3 is 0 Å². The van der Waals surface area contributed by atoms with Gasteiger partial charge in [-0.05, 0) is 33.8 Å². The highest BCUT2D eigenvalue weighted by molar-refractivity contribution is 5.19. The van der Waals surface area contributed by atoms with Gasteiger partial charge < -0.3 is 20.3 Å². The summed E-state index contributed by atoms with van der Waals surface area (Å²) < 4.78 is 5.23. The Bertz CT molecular complexity index is 386. The van der Waals surface area contributed by atoms with E-state index in [0.717, 1.165) is 0 Å². The van der Waals surface area contributed by atoms with Crippen molar-refractivity contribution >= 4 is 0 Å². The lowest BCUT2D eigenvalue weighted by Gasteiger charge is -2.27. The molecule has 0 atom stereocenters. The van der Waals surface area contributed by atoms with E-state index >= 15 is 0 Å². The van der Waals surface area contributed by atoms with E-state index in [2.05, 4.69) is 10.3 Å². The summed E-state index contributed by atoms with van der Waals surface area (Å²) in [6.07, 6.45) is 0. The Balaban J connectivity index is 2.80. The van der Waals surface area contributed by atoms with Crippen LogP contribution in [0.2, 0.25) is 0 Å². The van der Waals surface area contributed by atoms with E-state index < -0.39 is 5.79 Å². The van der Waals surface area contributed by atoms with Crippen molar-refractivity contribution in [3.63, 3.8) is 0 Å². The van der Waals surface area contributed by atoms with Crippen molar-refractivity contribution in [3.8, 4) is 5.88 Å². The molecule has 0 aliphatic heterocycles. The minimum Gasteiger partial charge on any atom is -0.478 e. The molecule has 0 radical (unpaired) electrons. The van der Waals surface area contributed by atoms with Crippen LogP contribution in [0.5, 0.6) is 5.88 Å². The van der Waals surface area contributed by atoms with Crippen LogP contribution in [0, 0.1) is 0 Å². The third-order valence-electron chi connectivity index (χ3n) is 2.29. The molecule has 0 fully saturated rings. The number of ether oxygens (including phenoxy) is 1. The molecule has 0 spiro atoms. The van der Waals surface area contributed by atoms with Crippen LogP contribution in [0.4, 0.5) is 0 Å². The molecule has 1 aromatic heterocycles. The van der Waals surface area contributed by atoms with Crippen molar-refractivity contribution in [2.24, 2.45) is 0 Å². The van der Waals surface area contributed by atoms with Gasteiger partial charge in [0.2, 0.25) is 11.7 Å². The number of β-amino-alcohol motifs (C(OH)–C–C–N with tert-alkyl or cyclic N) is 2. The zero-order chi connectivity index (χ0) is 13.8. The van der Waals surface area contributed by atoms with Gasteiger partial charge in [-0.25, -0.2) is 4.98 Å². The van der Waals surface area contributed by atoms with Crippen LogP contribution in [0.1, 0.15) is 33.4 Å². The first-order chi connectivity index (χ1) is 8.24. The summed E-state index contributed by atoms with van der Waals surface area (Å²) >= 11 is 0. The van der Waals surface area contributed by atoms with Gasteiger partial charge in [0.1, 0.15) is 5.69 Å². The Morgan fingerprint density at radius 3 is 2.50 bits per heavy atom. The molecule has 1 aromatic rings. The molecule has 0 saturated carbocycles. The summed E-state index contributed by atoms with van der Waals surface area (Å²) in [6, 6.07) is 4.93. The molecule has 18 heavy (non-hydrogen) atoms. The lowest BCUT2D eigenvalue weighted by Crippen LogP contribution is -2.46. The van der Waals surface area contributed by atoms with Crippen LogP contribution in [0.25, 0.3) is 0 Å². The lowest BCUT2D eigenvalue weighted by atomic mass is 10.1. The number of pyridine rings is 1. The summed E-state index contributed by atoms with van der Waals surface area (Å²) in [5, 5.41) is 23.1. The molecular weight excluding hydrogens is 232 g/mol. The standard InChI is InChI=1S/C13H22N2O3/c1-5-18-11-8-6-7-10(15-11)13(16,17)9-14-12(2,3)4/h6-8,14,16-17H,5,9H2,1-4H3. The van der Waals surface area contributed by atoms with Crippen molar-refractivity contribution in [2.75, 3.05) is 13.2 Å². The monoisotopic (exact) mass is 254 g/mol. The predicted octanol–water partition coefficient (Wildman–Crippen LogP) is 1.01. The minimum atomic E-state index is -2.01. The number of hydrogen-bond acceptors (Lipinski definition) is 5. The molecule has 0 aliphatic rings. The average Bonchev–Trinajstić information content (AvgIpc) is 2.27. The van der Waals surface area contributed by atoms with Crippen LogP contribution in [-0.4, -0.2) is 33.9 Å². The number of aliphatic hydroxyl groups is 2. The van der Waals surface area contributed by atoms with Crippen LogP contribution < -0.4 is 10.1 Å². The van der Waals surface area contributed by atoms with Crippen molar-refractivity contribution in [2.45, 2.75) is 39.0 Å². The van der Waals surface area contributed by atoms with Crippen molar-refractivity contribution < 1.29 is 14.9 Å². The first-order valence-corrected chi connectivity index (χ1v) is 6.05. The topological polar surface area (TPSA) is 74.6 Å². The highest BCUT2D eigenvalue weighted by Gasteiger charge is 2.29. The second-order valence-corrected chi connectivity index (χ2v) is 5.21. The van der Waals surface area contributed by atoms with Crippen LogP contribution in [-0.2, 0) is 5.79 Å². The SMILES string of the molecule is CCOc1cccc(C(O)(O)CNC(C)(C)C)n1.